The van der Waals surface area contributed by atoms with Crippen LogP contribution in [0, 0.1) is 11.3 Å². The molecule has 3 nitrogen and oxygen atoms in total. The van der Waals surface area contributed by atoms with E-state index in [1.807, 2.05) is 22.7 Å². The van der Waals surface area contributed by atoms with Crippen molar-refractivity contribution < 1.29 is 0 Å². The first-order valence-corrected chi connectivity index (χ1v) is 23.9. The Bertz CT molecular complexity index is 4000. The Labute approximate surface area is 387 Å². The van der Waals surface area contributed by atoms with E-state index in [1.165, 1.54) is 30.9 Å². The molecule has 0 amide bonds. The fourth-order valence-electron chi connectivity index (χ4n) is 10.9. The van der Waals surface area contributed by atoms with Crippen molar-refractivity contribution in [1.82, 2.24) is 9.13 Å². The molecule has 10 aromatic carbocycles. The summed E-state index contributed by atoms with van der Waals surface area (Å²) >= 11 is 3.62. The maximum Gasteiger partial charge on any atom is 0.101 e. The number of hydrogen-bond acceptors (Lipinski definition) is 3. The molecule has 306 valence electrons. The normalized spacial score (nSPS) is 11.9. The first-order chi connectivity index (χ1) is 32.8. The molecule has 5 heteroatoms. The third kappa shape index (κ3) is 5.17. The summed E-state index contributed by atoms with van der Waals surface area (Å²) in [6.07, 6.45) is 0. The smallest absolute Gasteiger partial charge is 0.101 e. The Kier molecular flexibility index (Phi) is 8.09. The molecule has 0 bridgehead atoms. The van der Waals surface area contributed by atoms with Gasteiger partial charge in [0.05, 0.1) is 39.0 Å². The molecule has 0 spiro atoms. The molecule has 0 unspecified atom stereocenters. The number of aromatic nitrogens is 2. The summed E-state index contributed by atoms with van der Waals surface area (Å²) in [6.45, 7) is 0. The van der Waals surface area contributed by atoms with Crippen LogP contribution in [0.25, 0.3) is 129 Å². The Balaban J connectivity index is 1.32. The maximum atomic E-state index is 12.4. The van der Waals surface area contributed by atoms with Gasteiger partial charge in [0.25, 0.3) is 0 Å². The highest BCUT2D eigenvalue weighted by Crippen LogP contribution is 2.55. The molecular formula is C61H35N3S2. The third-order valence-corrected chi connectivity index (χ3v) is 16.0. The molecular weight excluding hydrogens is 839 g/mol. The van der Waals surface area contributed by atoms with Gasteiger partial charge in [-0.05, 0) is 42.0 Å². The van der Waals surface area contributed by atoms with Crippen molar-refractivity contribution >= 4 is 107 Å². The van der Waals surface area contributed by atoms with Gasteiger partial charge in [-0.2, -0.15) is 5.26 Å². The number of rotatable bonds is 5. The minimum atomic E-state index is 0.637. The third-order valence-electron chi connectivity index (χ3n) is 13.6. The summed E-state index contributed by atoms with van der Waals surface area (Å²) in [5, 5.41) is 21.9. The van der Waals surface area contributed by atoms with Crippen molar-refractivity contribution in [3.8, 4) is 50.8 Å². The van der Waals surface area contributed by atoms with Gasteiger partial charge in [0, 0.05) is 89.7 Å². The fourth-order valence-corrected chi connectivity index (χ4v) is 13.3. The van der Waals surface area contributed by atoms with E-state index in [4.69, 9.17) is 0 Å². The molecule has 0 fully saturated rings. The average Bonchev–Trinajstić information content (AvgIpc) is 4.14. The van der Waals surface area contributed by atoms with Crippen LogP contribution in [-0.2, 0) is 0 Å². The van der Waals surface area contributed by atoms with Gasteiger partial charge in [-0.1, -0.05) is 176 Å². The zero-order chi connectivity index (χ0) is 43.5. The SMILES string of the molecule is N#Cc1c(-c2cccc3c2sc2ccccc23)c(-n2c3ccccc3c3ccccc32)c(-c2ccccc2)c(-n2c3ccccc3c3ccccc32)c1-c1cccc2c1sc1ccccc12. The molecule has 0 aliphatic carbocycles. The van der Waals surface area contributed by atoms with E-state index in [-0.39, 0.29) is 0 Å². The summed E-state index contributed by atoms with van der Waals surface area (Å²) in [5.74, 6) is 0. The molecule has 0 aliphatic heterocycles. The highest BCUT2D eigenvalue weighted by atomic mass is 32.1. The molecule has 66 heavy (non-hydrogen) atoms. The number of fused-ring (bicyclic) bond motifs is 12. The summed E-state index contributed by atoms with van der Waals surface area (Å²) in [5.41, 5.74) is 12.9. The van der Waals surface area contributed by atoms with Gasteiger partial charge in [0.15, 0.2) is 0 Å². The van der Waals surface area contributed by atoms with Crippen molar-refractivity contribution in [3.63, 3.8) is 0 Å². The van der Waals surface area contributed by atoms with Gasteiger partial charge in [0.1, 0.15) is 6.07 Å². The summed E-state index contributed by atoms with van der Waals surface area (Å²) < 4.78 is 9.70. The lowest BCUT2D eigenvalue weighted by Gasteiger charge is -2.28. The second kappa shape index (κ2) is 14.4. The number of nitriles is 1. The Hall–Kier alpha value is -8.27. The molecule has 14 aromatic rings. The van der Waals surface area contributed by atoms with Crippen LogP contribution in [0.2, 0.25) is 0 Å². The average molecular weight is 874 g/mol. The number of thiophene rings is 2. The quantitative estimate of drug-likeness (QED) is 0.170. The number of para-hydroxylation sites is 4. The highest BCUT2D eigenvalue weighted by molar-refractivity contribution is 7.26. The first kappa shape index (κ1) is 37.1. The van der Waals surface area contributed by atoms with E-state index < -0.39 is 0 Å². The van der Waals surface area contributed by atoms with Gasteiger partial charge in [-0.3, -0.25) is 0 Å². The minimum absolute atomic E-state index is 0.637. The summed E-state index contributed by atoms with van der Waals surface area (Å²) in [7, 11) is 0. The lowest BCUT2D eigenvalue weighted by atomic mass is 9.83. The van der Waals surface area contributed by atoms with Crippen LogP contribution in [0.1, 0.15) is 5.56 Å². The molecule has 4 heterocycles. The zero-order valence-corrected chi connectivity index (χ0v) is 37.0. The van der Waals surface area contributed by atoms with Crippen molar-refractivity contribution in [2.75, 3.05) is 0 Å². The monoisotopic (exact) mass is 873 g/mol. The van der Waals surface area contributed by atoms with Crippen molar-refractivity contribution in [2.45, 2.75) is 0 Å². The molecule has 0 aliphatic rings. The predicted molar refractivity (Wildman–Crippen MR) is 282 cm³/mol. The molecule has 0 N–H and O–H groups in total. The fraction of sp³-hybridized carbons (Fsp3) is 0. The standard InChI is InChI=1S/C61H35N3S2/c62-36-48-56(46-28-16-26-44-42-24-8-14-34-53(42)65-60(44)46)58(63-49-30-10-4-20-38(49)39-21-5-11-31-50(39)63)55(37-18-2-1-3-19-37)59(64-51-32-12-6-22-40(51)41-23-7-13-33-52(41)64)57(48)47-29-17-27-45-43-25-9-15-35-54(43)66-61(45)47/h1-35H. The van der Waals surface area contributed by atoms with Gasteiger partial charge < -0.3 is 9.13 Å². The topological polar surface area (TPSA) is 33.6 Å². The van der Waals surface area contributed by atoms with E-state index in [0.717, 1.165) is 97.8 Å². The van der Waals surface area contributed by atoms with Gasteiger partial charge in [-0.25, -0.2) is 0 Å². The van der Waals surface area contributed by atoms with Gasteiger partial charge >= 0.3 is 0 Å². The van der Waals surface area contributed by atoms with Crippen LogP contribution in [0.3, 0.4) is 0 Å². The lowest BCUT2D eigenvalue weighted by molar-refractivity contribution is 1.14. The largest absolute Gasteiger partial charge is 0.308 e. The Morgan fingerprint density at radius 2 is 0.667 bits per heavy atom. The molecule has 0 saturated carbocycles. The van der Waals surface area contributed by atoms with E-state index >= 15 is 0 Å². The molecule has 0 atom stereocenters. The van der Waals surface area contributed by atoms with E-state index in [0.29, 0.717) is 5.56 Å². The second-order valence-corrected chi connectivity index (χ2v) is 19.1. The van der Waals surface area contributed by atoms with Crippen LogP contribution in [0.5, 0.6) is 0 Å². The molecule has 14 rings (SSSR count). The van der Waals surface area contributed by atoms with E-state index in [2.05, 4.69) is 228 Å². The van der Waals surface area contributed by atoms with Crippen LogP contribution in [0.4, 0.5) is 0 Å². The van der Waals surface area contributed by atoms with Crippen LogP contribution in [0.15, 0.2) is 212 Å². The highest BCUT2D eigenvalue weighted by Gasteiger charge is 2.33. The Morgan fingerprint density at radius 3 is 1.08 bits per heavy atom. The zero-order valence-electron chi connectivity index (χ0n) is 35.4. The number of nitrogens with zero attached hydrogens (tertiary/aromatic N) is 3. The van der Waals surface area contributed by atoms with Gasteiger partial charge in [0.2, 0.25) is 0 Å². The van der Waals surface area contributed by atoms with Crippen molar-refractivity contribution in [2.24, 2.45) is 0 Å². The van der Waals surface area contributed by atoms with Crippen LogP contribution in [-0.4, -0.2) is 9.13 Å². The summed E-state index contributed by atoms with van der Waals surface area (Å²) in [6, 6.07) is 79.7. The number of hydrogen-bond donors (Lipinski definition) is 0. The Morgan fingerprint density at radius 1 is 0.318 bits per heavy atom. The second-order valence-electron chi connectivity index (χ2n) is 17.0. The van der Waals surface area contributed by atoms with Crippen LogP contribution < -0.4 is 0 Å². The lowest BCUT2D eigenvalue weighted by Crippen LogP contribution is -2.10. The summed E-state index contributed by atoms with van der Waals surface area (Å²) in [4.78, 5) is 0. The van der Waals surface area contributed by atoms with E-state index in [9.17, 15) is 5.26 Å². The first-order valence-electron chi connectivity index (χ1n) is 22.2. The van der Waals surface area contributed by atoms with Gasteiger partial charge in [-0.15, -0.1) is 22.7 Å². The number of benzene rings is 10. The predicted octanol–water partition coefficient (Wildman–Crippen LogP) is 17.5. The van der Waals surface area contributed by atoms with E-state index in [1.54, 1.807) is 0 Å². The van der Waals surface area contributed by atoms with Crippen molar-refractivity contribution in [3.05, 3.63) is 218 Å². The molecule has 0 radical (unpaired) electrons. The van der Waals surface area contributed by atoms with Crippen LogP contribution >= 0.6 is 22.7 Å². The minimum Gasteiger partial charge on any atom is -0.308 e. The molecule has 4 aromatic heterocycles. The maximum absolute atomic E-state index is 12.4. The van der Waals surface area contributed by atoms with Crippen molar-refractivity contribution in [1.29, 1.82) is 5.26 Å². The molecule has 0 saturated heterocycles.